The van der Waals surface area contributed by atoms with Crippen LogP contribution in [0.5, 0.6) is 0 Å². The molecule has 0 heterocycles. The minimum atomic E-state index is -1.22. The van der Waals surface area contributed by atoms with E-state index in [0.29, 0.717) is 25.8 Å². The Balaban J connectivity index is 5.11. The number of carbonyl (C=O) groups excluding carboxylic acids is 3. The average molecular weight is 460 g/mol. The van der Waals surface area contributed by atoms with Crippen molar-refractivity contribution in [3.8, 4) is 0 Å². The smallest absolute Gasteiger partial charge is 0.326 e. The maximum atomic E-state index is 12.6. The first-order chi connectivity index (χ1) is 14.9. The molecule has 0 spiro atoms. The van der Waals surface area contributed by atoms with E-state index in [4.69, 9.17) is 16.6 Å². The van der Waals surface area contributed by atoms with Crippen molar-refractivity contribution in [2.45, 2.75) is 83.5 Å². The minimum absolute atomic E-state index is 0.157. The molecule has 0 aliphatic carbocycles. The number of nitrogens with one attached hydrogen (secondary N) is 3. The van der Waals surface area contributed by atoms with Crippen LogP contribution in [0.4, 0.5) is 0 Å². The molecule has 0 bridgehead atoms. The molecule has 5 atom stereocenters. The number of amides is 3. The van der Waals surface area contributed by atoms with E-state index in [1.54, 1.807) is 6.92 Å². The predicted octanol–water partition coefficient (Wildman–Crippen LogP) is -1.09. The maximum Gasteiger partial charge on any atom is 0.326 e. The summed E-state index contributed by atoms with van der Waals surface area (Å²) in [5.41, 5.74) is 11.3. The number of rotatable bonds is 16. The zero-order valence-electron chi connectivity index (χ0n) is 18.9. The van der Waals surface area contributed by atoms with Crippen LogP contribution in [0, 0.1) is 5.92 Å². The van der Waals surface area contributed by atoms with Crippen molar-refractivity contribution in [2.75, 3.05) is 6.54 Å². The average Bonchev–Trinajstić information content (AvgIpc) is 2.73. The van der Waals surface area contributed by atoms with Crippen molar-refractivity contribution in [3.05, 3.63) is 0 Å². The van der Waals surface area contributed by atoms with Gasteiger partial charge < -0.3 is 37.6 Å². The molecule has 0 fully saturated rings. The van der Waals surface area contributed by atoms with Gasteiger partial charge in [0, 0.05) is 6.42 Å². The quantitative estimate of drug-likeness (QED) is 0.139. The highest BCUT2D eigenvalue weighted by atomic mass is 16.4. The SMILES string of the molecule is CCC(C)C(N)C(=O)NC(CCC(=O)O)C(=O)NC(C)C(=O)NC(CCCCN)C(=O)O. The second kappa shape index (κ2) is 15.1. The van der Waals surface area contributed by atoms with E-state index in [-0.39, 0.29) is 25.2 Å². The van der Waals surface area contributed by atoms with Gasteiger partial charge in [0.1, 0.15) is 18.1 Å². The van der Waals surface area contributed by atoms with Crippen LogP contribution >= 0.6 is 0 Å². The third-order valence-corrected chi connectivity index (χ3v) is 5.15. The summed E-state index contributed by atoms with van der Waals surface area (Å²) < 4.78 is 0. The Morgan fingerprint density at radius 3 is 1.94 bits per heavy atom. The van der Waals surface area contributed by atoms with E-state index >= 15 is 0 Å². The summed E-state index contributed by atoms with van der Waals surface area (Å²) in [5, 5.41) is 25.4. The number of carboxylic acid groups (broad SMARTS) is 2. The topological polar surface area (TPSA) is 214 Å². The lowest BCUT2D eigenvalue weighted by molar-refractivity contribution is -0.142. The third-order valence-electron chi connectivity index (χ3n) is 5.15. The molecule has 12 nitrogen and oxygen atoms in total. The molecular formula is C20H37N5O7. The summed E-state index contributed by atoms with van der Waals surface area (Å²) in [6.07, 6.45) is 1.34. The van der Waals surface area contributed by atoms with Gasteiger partial charge in [-0.25, -0.2) is 4.79 Å². The molecule has 0 saturated carbocycles. The molecular weight excluding hydrogens is 422 g/mol. The Morgan fingerprint density at radius 1 is 0.844 bits per heavy atom. The highest BCUT2D eigenvalue weighted by molar-refractivity contribution is 5.94. The fourth-order valence-corrected chi connectivity index (χ4v) is 2.74. The molecule has 12 heteroatoms. The van der Waals surface area contributed by atoms with E-state index in [2.05, 4.69) is 16.0 Å². The number of hydrogen-bond acceptors (Lipinski definition) is 7. The number of hydrogen-bond donors (Lipinski definition) is 7. The molecule has 0 radical (unpaired) electrons. The highest BCUT2D eigenvalue weighted by Crippen LogP contribution is 2.07. The molecule has 0 saturated heterocycles. The fraction of sp³-hybridized carbons (Fsp3) is 0.750. The lowest BCUT2D eigenvalue weighted by Gasteiger charge is -2.24. The summed E-state index contributed by atoms with van der Waals surface area (Å²) in [7, 11) is 0. The Morgan fingerprint density at radius 2 is 1.44 bits per heavy atom. The lowest BCUT2D eigenvalue weighted by Crippen LogP contribution is -2.57. The van der Waals surface area contributed by atoms with Crippen molar-refractivity contribution in [1.82, 2.24) is 16.0 Å². The molecule has 5 unspecified atom stereocenters. The first-order valence-corrected chi connectivity index (χ1v) is 10.8. The highest BCUT2D eigenvalue weighted by Gasteiger charge is 2.29. The van der Waals surface area contributed by atoms with E-state index in [1.165, 1.54) is 6.92 Å². The van der Waals surface area contributed by atoms with Gasteiger partial charge in [-0.3, -0.25) is 19.2 Å². The molecule has 32 heavy (non-hydrogen) atoms. The zero-order chi connectivity index (χ0) is 24.8. The van der Waals surface area contributed by atoms with Gasteiger partial charge in [0.05, 0.1) is 6.04 Å². The van der Waals surface area contributed by atoms with E-state index in [1.807, 2.05) is 6.92 Å². The Labute approximate surface area is 187 Å². The van der Waals surface area contributed by atoms with E-state index in [0.717, 1.165) is 0 Å². The summed E-state index contributed by atoms with van der Waals surface area (Å²) in [5.74, 6) is -4.62. The molecule has 9 N–H and O–H groups in total. The van der Waals surface area contributed by atoms with Crippen LogP contribution in [0.3, 0.4) is 0 Å². The third kappa shape index (κ3) is 11.0. The molecule has 0 aromatic heterocycles. The maximum absolute atomic E-state index is 12.6. The van der Waals surface area contributed by atoms with Crippen LogP contribution in [0.1, 0.15) is 59.3 Å². The van der Waals surface area contributed by atoms with Gasteiger partial charge in [-0.15, -0.1) is 0 Å². The molecule has 0 aliphatic heterocycles. The minimum Gasteiger partial charge on any atom is -0.481 e. The number of carbonyl (C=O) groups is 5. The summed E-state index contributed by atoms with van der Waals surface area (Å²) in [6.45, 7) is 5.38. The van der Waals surface area contributed by atoms with Gasteiger partial charge in [0.15, 0.2) is 0 Å². The lowest BCUT2D eigenvalue weighted by atomic mass is 9.98. The monoisotopic (exact) mass is 459 g/mol. The Hall–Kier alpha value is -2.73. The molecule has 3 amide bonds. The normalized spacial score (nSPS) is 15.5. The molecule has 0 rings (SSSR count). The predicted molar refractivity (Wildman–Crippen MR) is 116 cm³/mol. The first kappa shape index (κ1) is 29.3. The van der Waals surface area contributed by atoms with E-state index < -0.39 is 53.8 Å². The van der Waals surface area contributed by atoms with Crippen LogP contribution < -0.4 is 27.4 Å². The number of carboxylic acids is 2. The first-order valence-electron chi connectivity index (χ1n) is 10.8. The van der Waals surface area contributed by atoms with Gasteiger partial charge >= 0.3 is 11.9 Å². The van der Waals surface area contributed by atoms with Gasteiger partial charge in [0.25, 0.3) is 0 Å². The van der Waals surface area contributed by atoms with Gasteiger partial charge in [0.2, 0.25) is 17.7 Å². The summed E-state index contributed by atoms with van der Waals surface area (Å²) in [6, 6.07) is -4.36. The van der Waals surface area contributed by atoms with E-state index in [9.17, 15) is 29.1 Å². The number of aliphatic carboxylic acids is 2. The van der Waals surface area contributed by atoms with Crippen molar-refractivity contribution >= 4 is 29.7 Å². The molecule has 0 aliphatic rings. The van der Waals surface area contributed by atoms with Crippen molar-refractivity contribution < 1.29 is 34.2 Å². The van der Waals surface area contributed by atoms with Crippen LogP contribution in [-0.4, -0.2) is 70.6 Å². The van der Waals surface area contributed by atoms with Crippen LogP contribution in [-0.2, 0) is 24.0 Å². The Kier molecular flexibility index (Phi) is 13.8. The Bertz CT molecular complexity index is 658. The molecule has 0 aromatic carbocycles. The second-order valence-electron chi connectivity index (χ2n) is 7.82. The van der Waals surface area contributed by atoms with Crippen molar-refractivity contribution in [3.63, 3.8) is 0 Å². The molecule has 184 valence electrons. The summed E-state index contributed by atoms with van der Waals surface area (Å²) >= 11 is 0. The van der Waals surface area contributed by atoms with Gasteiger partial charge in [-0.05, 0) is 45.1 Å². The van der Waals surface area contributed by atoms with Crippen LogP contribution in [0.2, 0.25) is 0 Å². The van der Waals surface area contributed by atoms with Crippen molar-refractivity contribution in [2.24, 2.45) is 17.4 Å². The standard InChI is InChI=1S/C20H37N5O7/c1-4-11(2)16(22)19(30)24-13(8-9-15(26)27)18(29)23-12(3)17(28)25-14(20(31)32)7-5-6-10-21/h11-14,16H,4-10,21-22H2,1-3H3,(H,23,29)(H,24,30)(H,25,28)(H,26,27)(H,31,32). The summed E-state index contributed by atoms with van der Waals surface area (Å²) in [4.78, 5) is 59.6. The zero-order valence-corrected chi connectivity index (χ0v) is 18.9. The van der Waals surface area contributed by atoms with Gasteiger partial charge in [-0.1, -0.05) is 20.3 Å². The van der Waals surface area contributed by atoms with Gasteiger partial charge in [-0.2, -0.15) is 0 Å². The van der Waals surface area contributed by atoms with Crippen LogP contribution in [0.15, 0.2) is 0 Å². The fourth-order valence-electron chi connectivity index (χ4n) is 2.74. The molecule has 0 aromatic rings. The largest absolute Gasteiger partial charge is 0.481 e. The second-order valence-corrected chi connectivity index (χ2v) is 7.82. The van der Waals surface area contributed by atoms with Crippen LogP contribution in [0.25, 0.3) is 0 Å². The number of nitrogens with two attached hydrogens (primary N) is 2. The number of unbranched alkanes of at least 4 members (excludes halogenated alkanes) is 1. The van der Waals surface area contributed by atoms with Crippen molar-refractivity contribution in [1.29, 1.82) is 0 Å².